The first-order chi connectivity index (χ1) is 9.91. The first kappa shape index (κ1) is 15.3. The molecule has 2 N–H and O–H groups in total. The maximum absolute atomic E-state index is 12.4. The molecule has 0 spiro atoms. The van der Waals surface area contributed by atoms with Crippen LogP contribution in [0.25, 0.3) is 0 Å². The lowest BCUT2D eigenvalue weighted by molar-refractivity contribution is -0.155. The maximum atomic E-state index is 12.4. The van der Waals surface area contributed by atoms with Crippen LogP contribution in [0, 0.1) is 0 Å². The Morgan fingerprint density at radius 3 is 2.48 bits per heavy atom. The van der Waals surface area contributed by atoms with E-state index in [0.717, 1.165) is 0 Å². The van der Waals surface area contributed by atoms with Crippen LogP contribution in [0.1, 0.15) is 31.4 Å². The van der Waals surface area contributed by atoms with Crippen LogP contribution in [0.2, 0.25) is 0 Å². The fourth-order valence-electron chi connectivity index (χ4n) is 2.47. The smallest absolute Gasteiger partial charge is 0.332 e. The number of carboxylic acid groups (broad SMARTS) is 1. The third kappa shape index (κ3) is 3.16. The second-order valence-electron chi connectivity index (χ2n) is 5.21. The molecule has 0 aliphatic carbocycles. The normalized spacial score (nSPS) is 22.8. The lowest BCUT2D eigenvalue weighted by Gasteiger charge is -2.28. The molecule has 21 heavy (non-hydrogen) atoms. The van der Waals surface area contributed by atoms with Gasteiger partial charge in [0.2, 0.25) is 0 Å². The number of benzene rings is 1. The van der Waals surface area contributed by atoms with Gasteiger partial charge >= 0.3 is 5.97 Å². The molecule has 114 valence electrons. The molecule has 2 rings (SSSR count). The summed E-state index contributed by atoms with van der Waals surface area (Å²) in [5.74, 6) is -1.18. The summed E-state index contributed by atoms with van der Waals surface area (Å²) < 4.78 is 5.27. The van der Waals surface area contributed by atoms with Crippen molar-refractivity contribution >= 4 is 11.9 Å². The van der Waals surface area contributed by atoms with Gasteiger partial charge < -0.3 is 19.8 Å². The number of para-hydroxylation sites is 1. The van der Waals surface area contributed by atoms with Crippen LogP contribution in [0.15, 0.2) is 24.3 Å². The molecule has 1 heterocycles. The first-order valence-corrected chi connectivity index (χ1v) is 6.84. The van der Waals surface area contributed by atoms with Crippen molar-refractivity contribution in [3.63, 3.8) is 0 Å². The van der Waals surface area contributed by atoms with Gasteiger partial charge in [-0.05, 0) is 25.8 Å². The molecule has 1 aliphatic rings. The summed E-state index contributed by atoms with van der Waals surface area (Å²) in [5, 5.41) is 18.7. The second-order valence-corrected chi connectivity index (χ2v) is 5.21. The van der Waals surface area contributed by atoms with Crippen LogP contribution >= 0.6 is 0 Å². The van der Waals surface area contributed by atoms with Gasteiger partial charge in [-0.3, -0.25) is 4.79 Å². The zero-order chi connectivity index (χ0) is 15.6. The van der Waals surface area contributed by atoms with E-state index in [2.05, 4.69) is 0 Å². The van der Waals surface area contributed by atoms with E-state index in [4.69, 9.17) is 9.84 Å². The standard InChI is InChI=1S/C15H19NO5/c1-9(10-5-3-4-6-11(10)17)16(2)14(18)12-7-8-13(21-12)15(19)20/h3-6,9,12-13,17H,7-8H2,1-2H3,(H,19,20)/t9?,12-,13+/m0/s1. The van der Waals surface area contributed by atoms with Gasteiger partial charge in [0, 0.05) is 12.6 Å². The number of nitrogens with zero attached hydrogens (tertiary/aromatic N) is 1. The summed E-state index contributed by atoms with van der Waals surface area (Å²) in [6, 6.07) is 6.49. The quantitative estimate of drug-likeness (QED) is 0.879. The minimum atomic E-state index is -1.04. The highest BCUT2D eigenvalue weighted by Gasteiger charge is 2.37. The van der Waals surface area contributed by atoms with E-state index in [1.807, 2.05) is 0 Å². The fraction of sp³-hybridized carbons (Fsp3) is 0.467. The average Bonchev–Trinajstić information content (AvgIpc) is 2.95. The number of hydrogen-bond donors (Lipinski definition) is 2. The van der Waals surface area contributed by atoms with Gasteiger partial charge in [-0.15, -0.1) is 0 Å². The average molecular weight is 293 g/mol. The SMILES string of the molecule is CC(c1ccccc1O)N(C)C(=O)[C@@H]1CC[C@H](C(=O)O)O1. The Kier molecular flexibility index (Phi) is 4.47. The summed E-state index contributed by atoms with van der Waals surface area (Å²) in [7, 11) is 1.62. The molecule has 1 aliphatic heterocycles. The van der Waals surface area contributed by atoms with Crippen LogP contribution in [-0.4, -0.2) is 46.2 Å². The van der Waals surface area contributed by atoms with E-state index in [1.165, 1.54) is 4.90 Å². The predicted octanol–water partition coefficient (Wildman–Crippen LogP) is 1.54. The number of carboxylic acids is 1. The number of aromatic hydroxyl groups is 1. The van der Waals surface area contributed by atoms with Crippen LogP contribution in [0.3, 0.4) is 0 Å². The maximum Gasteiger partial charge on any atom is 0.332 e. The highest BCUT2D eigenvalue weighted by Crippen LogP contribution is 2.29. The topological polar surface area (TPSA) is 87.1 Å². The van der Waals surface area contributed by atoms with Crippen molar-refractivity contribution in [1.29, 1.82) is 0 Å². The number of phenols is 1. The van der Waals surface area contributed by atoms with Crippen molar-refractivity contribution in [3.8, 4) is 5.75 Å². The summed E-state index contributed by atoms with van der Waals surface area (Å²) in [6.07, 6.45) is -0.907. The number of rotatable bonds is 4. The fourth-order valence-corrected chi connectivity index (χ4v) is 2.47. The Hall–Kier alpha value is -2.08. The molecule has 6 heteroatoms. The highest BCUT2D eigenvalue weighted by molar-refractivity contribution is 5.83. The molecule has 1 amide bonds. The predicted molar refractivity (Wildman–Crippen MR) is 74.8 cm³/mol. The molecule has 0 aromatic heterocycles. The third-order valence-corrected chi connectivity index (χ3v) is 3.89. The summed E-state index contributed by atoms with van der Waals surface area (Å²) in [6.45, 7) is 1.80. The molecule has 0 bridgehead atoms. The second kappa shape index (κ2) is 6.13. The van der Waals surface area contributed by atoms with Gasteiger partial charge in [0.15, 0.2) is 6.10 Å². The molecule has 1 fully saturated rings. The third-order valence-electron chi connectivity index (χ3n) is 3.89. The first-order valence-electron chi connectivity index (χ1n) is 6.84. The molecule has 1 aromatic rings. The lowest BCUT2D eigenvalue weighted by Crippen LogP contribution is -2.38. The van der Waals surface area contributed by atoms with E-state index in [1.54, 1.807) is 38.2 Å². The Bertz CT molecular complexity index is 545. The molecule has 0 radical (unpaired) electrons. The summed E-state index contributed by atoms with van der Waals surface area (Å²) >= 11 is 0. The Morgan fingerprint density at radius 1 is 1.29 bits per heavy atom. The minimum absolute atomic E-state index is 0.125. The number of amides is 1. The van der Waals surface area contributed by atoms with Gasteiger partial charge in [-0.25, -0.2) is 4.79 Å². The number of carbonyl (C=O) groups is 2. The van der Waals surface area contributed by atoms with Gasteiger partial charge in [-0.2, -0.15) is 0 Å². The van der Waals surface area contributed by atoms with Gasteiger partial charge in [0.25, 0.3) is 5.91 Å². The number of phenolic OH excluding ortho intramolecular Hbond substituents is 1. The molecule has 1 unspecified atom stereocenters. The highest BCUT2D eigenvalue weighted by atomic mass is 16.5. The van der Waals surface area contributed by atoms with Crippen LogP contribution in [0.5, 0.6) is 5.75 Å². The molecular formula is C15H19NO5. The zero-order valence-corrected chi connectivity index (χ0v) is 12.0. The molecular weight excluding hydrogens is 274 g/mol. The van der Waals surface area contributed by atoms with E-state index < -0.39 is 18.2 Å². The van der Waals surface area contributed by atoms with Crippen molar-refractivity contribution in [2.75, 3.05) is 7.05 Å². The monoisotopic (exact) mass is 293 g/mol. The zero-order valence-electron chi connectivity index (χ0n) is 12.0. The minimum Gasteiger partial charge on any atom is -0.508 e. The number of likely N-dealkylation sites (N-methyl/N-ethyl adjacent to an activating group) is 1. The van der Waals surface area contributed by atoms with Crippen LogP contribution in [-0.2, 0) is 14.3 Å². The van der Waals surface area contributed by atoms with Crippen molar-refractivity contribution in [2.24, 2.45) is 0 Å². The van der Waals surface area contributed by atoms with Crippen molar-refractivity contribution in [3.05, 3.63) is 29.8 Å². The summed E-state index contributed by atoms with van der Waals surface area (Å²) in [5.41, 5.74) is 0.640. The van der Waals surface area contributed by atoms with Crippen LogP contribution in [0.4, 0.5) is 0 Å². The largest absolute Gasteiger partial charge is 0.508 e. The Labute approximate surface area is 122 Å². The van der Waals surface area contributed by atoms with Gasteiger partial charge in [0.05, 0.1) is 6.04 Å². The lowest BCUT2D eigenvalue weighted by atomic mass is 10.1. The van der Waals surface area contributed by atoms with Crippen molar-refractivity contribution in [2.45, 2.75) is 38.0 Å². The molecule has 6 nitrogen and oxygen atoms in total. The summed E-state index contributed by atoms with van der Waals surface area (Å²) in [4.78, 5) is 24.7. The number of carbonyl (C=O) groups excluding carboxylic acids is 1. The van der Waals surface area contributed by atoms with E-state index in [9.17, 15) is 14.7 Å². The molecule has 3 atom stereocenters. The molecule has 0 saturated carbocycles. The van der Waals surface area contributed by atoms with E-state index >= 15 is 0 Å². The Balaban J connectivity index is 2.06. The van der Waals surface area contributed by atoms with Gasteiger partial charge in [-0.1, -0.05) is 18.2 Å². The number of ether oxygens (including phenoxy) is 1. The molecule has 1 aromatic carbocycles. The number of hydrogen-bond acceptors (Lipinski definition) is 4. The molecule has 1 saturated heterocycles. The van der Waals surface area contributed by atoms with Crippen molar-refractivity contribution in [1.82, 2.24) is 4.90 Å². The van der Waals surface area contributed by atoms with E-state index in [0.29, 0.717) is 18.4 Å². The Morgan fingerprint density at radius 2 is 1.90 bits per heavy atom. The van der Waals surface area contributed by atoms with E-state index in [-0.39, 0.29) is 17.7 Å². The number of aliphatic carboxylic acids is 1. The van der Waals surface area contributed by atoms with Crippen molar-refractivity contribution < 1.29 is 24.5 Å². The van der Waals surface area contributed by atoms with Gasteiger partial charge in [0.1, 0.15) is 11.9 Å². The van der Waals surface area contributed by atoms with Crippen LogP contribution < -0.4 is 0 Å².